The van der Waals surface area contributed by atoms with E-state index in [4.69, 9.17) is 5.11 Å². The fraction of sp³-hybridized carbons (Fsp3) is 0.875. The number of carboxylic acids is 1. The van der Waals surface area contributed by atoms with Gasteiger partial charge in [0.15, 0.2) is 0 Å². The summed E-state index contributed by atoms with van der Waals surface area (Å²) in [7, 11) is 1.83. The lowest BCUT2D eigenvalue weighted by atomic mass is 9.94. The number of nitrogens with zero attached hydrogens (tertiary/aromatic N) is 1. The van der Waals surface area contributed by atoms with Crippen molar-refractivity contribution in [2.24, 2.45) is 5.92 Å². The minimum absolute atomic E-state index is 0.0304. The SMILES string of the molecule is CCCC(CCNC(=O)N(C)C(CC)CC)CCC(=O)O. The summed E-state index contributed by atoms with van der Waals surface area (Å²) in [5.41, 5.74) is 0. The summed E-state index contributed by atoms with van der Waals surface area (Å²) in [4.78, 5) is 24.4. The molecule has 0 rings (SSSR count). The number of carbonyl (C=O) groups is 2. The van der Waals surface area contributed by atoms with Gasteiger partial charge in [0.05, 0.1) is 0 Å². The van der Waals surface area contributed by atoms with Crippen LogP contribution >= 0.6 is 0 Å². The number of nitrogens with one attached hydrogen (secondary N) is 1. The van der Waals surface area contributed by atoms with E-state index in [9.17, 15) is 9.59 Å². The minimum Gasteiger partial charge on any atom is -0.481 e. The molecule has 0 bridgehead atoms. The second kappa shape index (κ2) is 11.4. The van der Waals surface area contributed by atoms with Crippen molar-refractivity contribution in [3.05, 3.63) is 0 Å². The van der Waals surface area contributed by atoms with Gasteiger partial charge in [0, 0.05) is 26.1 Å². The van der Waals surface area contributed by atoms with E-state index in [1.54, 1.807) is 4.90 Å². The molecule has 5 heteroatoms. The van der Waals surface area contributed by atoms with Gasteiger partial charge in [0.25, 0.3) is 0 Å². The van der Waals surface area contributed by atoms with Gasteiger partial charge in [-0.25, -0.2) is 4.79 Å². The van der Waals surface area contributed by atoms with E-state index in [-0.39, 0.29) is 18.5 Å². The average molecular weight is 300 g/mol. The number of hydrogen-bond donors (Lipinski definition) is 2. The van der Waals surface area contributed by atoms with Gasteiger partial charge >= 0.3 is 12.0 Å². The molecule has 0 aliphatic rings. The van der Waals surface area contributed by atoms with Gasteiger partial charge in [-0.15, -0.1) is 0 Å². The second-order valence-electron chi connectivity index (χ2n) is 5.69. The number of urea groups is 1. The molecule has 0 aromatic carbocycles. The molecule has 1 atom stereocenters. The molecule has 0 saturated heterocycles. The molecule has 0 spiro atoms. The largest absolute Gasteiger partial charge is 0.481 e. The van der Waals surface area contributed by atoms with E-state index in [1.807, 2.05) is 7.05 Å². The molecule has 1 unspecified atom stereocenters. The highest BCUT2D eigenvalue weighted by atomic mass is 16.4. The maximum Gasteiger partial charge on any atom is 0.317 e. The maximum absolute atomic E-state index is 12.0. The van der Waals surface area contributed by atoms with Crippen molar-refractivity contribution in [1.82, 2.24) is 10.2 Å². The van der Waals surface area contributed by atoms with Crippen molar-refractivity contribution >= 4 is 12.0 Å². The third kappa shape index (κ3) is 8.58. The highest BCUT2D eigenvalue weighted by Crippen LogP contribution is 2.17. The van der Waals surface area contributed by atoms with Crippen LogP contribution in [-0.2, 0) is 4.79 Å². The number of carbonyl (C=O) groups excluding carboxylic acids is 1. The summed E-state index contributed by atoms with van der Waals surface area (Å²) < 4.78 is 0. The molecular weight excluding hydrogens is 268 g/mol. The van der Waals surface area contributed by atoms with E-state index in [1.165, 1.54) is 0 Å². The number of aliphatic carboxylic acids is 1. The Labute approximate surface area is 129 Å². The molecule has 0 saturated carbocycles. The van der Waals surface area contributed by atoms with Crippen LogP contribution in [0.2, 0.25) is 0 Å². The van der Waals surface area contributed by atoms with E-state index < -0.39 is 5.97 Å². The highest BCUT2D eigenvalue weighted by Gasteiger charge is 2.17. The quantitative estimate of drug-likeness (QED) is 0.613. The number of carboxylic acid groups (broad SMARTS) is 1. The number of amides is 2. The van der Waals surface area contributed by atoms with Crippen molar-refractivity contribution in [2.75, 3.05) is 13.6 Å². The van der Waals surface area contributed by atoms with Crippen LogP contribution in [0.15, 0.2) is 0 Å². The van der Waals surface area contributed by atoms with Crippen molar-refractivity contribution < 1.29 is 14.7 Å². The Morgan fingerprint density at radius 3 is 2.19 bits per heavy atom. The van der Waals surface area contributed by atoms with Crippen LogP contribution in [0.1, 0.15) is 65.7 Å². The number of rotatable bonds is 11. The zero-order valence-electron chi connectivity index (χ0n) is 14.0. The molecular formula is C16H32N2O3. The van der Waals surface area contributed by atoms with E-state index >= 15 is 0 Å². The summed E-state index contributed by atoms with van der Waals surface area (Å²) in [6.07, 6.45) is 5.74. The summed E-state index contributed by atoms with van der Waals surface area (Å²) in [6, 6.07) is 0.251. The molecule has 0 heterocycles. The molecule has 21 heavy (non-hydrogen) atoms. The highest BCUT2D eigenvalue weighted by molar-refractivity contribution is 5.74. The Balaban J connectivity index is 4.11. The van der Waals surface area contributed by atoms with Crippen LogP contribution in [0.5, 0.6) is 0 Å². The lowest BCUT2D eigenvalue weighted by Gasteiger charge is -2.27. The van der Waals surface area contributed by atoms with Crippen LogP contribution in [0.25, 0.3) is 0 Å². The molecule has 0 aromatic heterocycles. The van der Waals surface area contributed by atoms with Gasteiger partial charge < -0.3 is 15.3 Å². The molecule has 0 aromatic rings. The zero-order valence-corrected chi connectivity index (χ0v) is 14.0. The number of hydrogen-bond acceptors (Lipinski definition) is 2. The monoisotopic (exact) mass is 300 g/mol. The molecule has 2 N–H and O–H groups in total. The first-order chi connectivity index (χ1) is 9.96. The first-order valence-corrected chi connectivity index (χ1v) is 8.18. The smallest absolute Gasteiger partial charge is 0.317 e. The standard InChI is InChI=1S/C16H32N2O3/c1-5-8-13(9-10-15(19)20)11-12-17-16(21)18(4)14(6-2)7-3/h13-14H,5-12H2,1-4H3,(H,17,21)(H,19,20). The minimum atomic E-state index is -0.742. The third-order valence-electron chi connectivity index (χ3n) is 4.10. The van der Waals surface area contributed by atoms with Crippen molar-refractivity contribution in [2.45, 2.75) is 71.8 Å². The predicted octanol–water partition coefficient (Wildman–Crippen LogP) is 3.49. The van der Waals surface area contributed by atoms with Crippen LogP contribution in [-0.4, -0.2) is 41.6 Å². The summed E-state index contributed by atoms with van der Waals surface area (Å²) in [6.45, 7) is 6.89. The van der Waals surface area contributed by atoms with Crippen molar-refractivity contribution in [1.29, 1.82) is 0 Å². The van der Waals surface area contributed by atoms with Gasteiger partial charge in [0.2, 0.25) is 0 Å². The Kier molecular flexibility index (Phi) is 10.7. The van der Waals surface area contributed by atoms with Crippen LogP contribution in [0.4, 0.5) is 4.79 Å². The summed E-state index contributed by atoms with van der Waals surface area (Å²) in [5, 5.41) is 11.7. The van der Waals surface area contributed by atoms with Crippen LogP contribution in [0, 0.1) is 5.92 Å². The zero-order chi connectivity index (χ0) is 16.3. The Bertz CT molecular complexity index is 304. The molecule has 0 fully saturated rings. The summed E-state index contributed by atoms with van der Waals surface area (Å²) in [5.74, 6) is -0.363. The molecule has 2 amide bonds. The lowest BCUT2D eigenvalue weighted by molar-refractivity contribution is -0.137. The van der Waals surface area contributed by atoms with Crippen LogP contribution in [0.3, 0.4) is 0 Å². The predicted molar refractivity (Wildman–Crippen MR) is 85.4 cm³/mol. The van der Waals surface area contributed by atoms with Crippen LogP contribution < -0.4 is 5.32 Å². The van der Waals surface area contributed by atoms with Gasteiger partial charge in [-0.2, -0.15) is 0 Å². The van der Waals surface area contributed by atoms with Crippen molar-refractivity contribution in [3.8, 4) is 0 Å². The topological polar surface area (TPSA) is 69.6 Å². The maximum atomic E-state index is 12.0. The molecule has 124 valence electrons. The fourth-order valence-corrected chi connectivity index (χ4v) is 2.68. The first kappa shape index (κ1) is 19.7. The van der Waals surface area contributed by atoms with Gasteiger partial charge in [-0.05, 0) is 31.6 Å². The van der Waals surface area contributed by atoms with Crippen molar-refractivity contribution in [3.63, 3.8) is 0 Å². The van der Waals surface area contributed by atoms with Gasteiger partial charge in [-0.1, -0.05) is 33.6 Å². The Morgan fingerprint density at radius 1 is 1.10 bits per heavy atom. The molecule has 0 aliphatic carbocycles. The van der Waals surface area contributed by atoms with E-state index in [2.05, 4.69) is 26.1 Å². The third-order valence-corrected chi connectivity index (χ3v) is 4.10. The fourth-order valence-electron chi connectivity index (χ4n) is 2.68. The molecule has 0 aliphatic heterocycles. The first-order valence-electron chi connectivity index (χ1n) is 8.18. The Morgan fingerprint density at radius 2 is 1.71 bits per heavy atom. The Hall–Kier alpha value is -1.26. The van der Waals surface area contributed by atoms with Gasteiger partial charge in [-0.3, -0.25) is 4.79 Å². The normalized spacial score (nSPS) is 12.2. The average Bonchev–Trinajstić information content (AvgIpc) is 2.45. The lowest BCUT2D eigenvalue weighted by Crippen LogP contribution is -2.43. The van der Waals surface area contributed by atoms with E-state index in [0.29, 0.717) is 18.9 Å². The van der Waals surface area contributed by atoms with Gasteiger partial charge in [0.1, 0.15) is 0 Å². The van der Waals surface area contributed by atoms with E-state index in [0.717, 1.165) is 32.1 Å². The second-order valence-corrected chi connectivity index (χ2v) is 5.69. The molecule has 5 nitrogen and oxygen atoms in total. The summed E-state index contributed by atoms with van der Waals surface area (Å²) >= 11 is 0. The molecule has 0 radical (unpaired) electrons.